The van der Waals surface area contributed by atoms with Gasteiger partial charge < -0.3 is 9.72 Å². The molecule has 30 heavy (non-hydrogen) atoms. The summed E-state index contributed by atoms with van der Waals surface area (Å²) >= 11 is 0. The van der Waals surface area contributed by atoms with Crippen LogP contribution in [0, 0.1) is 11.8 Å². The summed E-state index contributed by atoms with van der Waals surface area (Å²) in [6, 6.07) is 27.6. The summed E-state index contributed by atoms with van der Waals surface area (Å²) in [5, 5.41) is 0. The Morgan fingerprint density at radius 3 is 2.03 bits per heavy atom. The van der Waals surface area contributed by atoms with Crippen LogP contribution in [0.2, 0.25) is 0 Å². The normalized spacial score (nSPS) is 10.2. The van der Waals surface area contributed by atoms with Gasteiger partial charge in [-0.2, -0.15) is 0 Å². The monoisotopic (exact) mass is 391 g/mol. The first kappa shape index (κ1) is 19.3. The van der Waals surface area contributed by atoms with Crippen molar-refractivity contribution in [1.29, 1.82) is 0 Å². The summed E-state index contributed by atoms with van der Waals surface area (Å²) < 4.78 is 5.34. The summed E-state index contributed by atoms with van der Waals surface area (Å²) in [6.07, 6.45) is 1.86. The van der Waals surface area contributed by atoms with E-state index in [1.54, 1.807) is 0 Å². The molecule has 0 unspecified atom stereocenters. The van der Waals surface area contributed by atoms with Crippen LogP contribution in [0.15, 0.2) is 91.1 Å². The third kappa shape index (κ3) is 4.19. The van der Waals surface area contributed by atoms with Gasteiger partial charge in [0.1, 0.15) is 0 Å². The zero-order chi connectivity index (χ0) is 20.8. The highest BCUT2D eigenvalue weighted by atomic mass is 16.5. The Hall–Kier alpha value is -4.03. The first-order valence-corrected chi connectivity index (χ1v) is 9.87. The van der Waals surface area contributed by atoms with Crippen molar-refractivity contribution in [1.82, 2.24) is 4.98 Å². The van der Waals surface area contributed by atoms with E-state index in [0.29, 0.717) is 12.2 Å². The zero-order valence-electron chi connectivity index (χ0n) is 16.7. The van der Waals surface area contributed by atoms with Crippen LogP contribution < -0.4 is 0 Å². The number of esters is 1. The molecule has 3 aromatic carbocycles. The minimum atomic E-state index is -0.333. The molecule has 146 valence electrons. The van der Waals surface area contributed by atoms with Crippen LogP contribution in [0.5, 0.6) is 0 Å². The summed E-state index contributed by atoms with van der Waals surface area (Å²) in [6.45, 7) is 2.14. The van der Waals surface area contributed by atoms with E-state index < -0.39 is 0 Å². The number of nitrogens with one attached hydrogen (secondary N) is 1. The summed E-state index contributed by atoms with van der Waals surface area (Å²) in [7, 11) is 0. The van der Waals surface area contributed by atoms with Crippen molar-refractivity contribution in [3.63, 3.8) is 0 Å². The predicted octanol–water partition coefficient (Wildman–Crippen LogP) is 5.93. The van der Waals surface area contributed by atoms with Crippen molar-refractivity contribution in [2.24, 2.45) is 0 Å². The third-order valence-electron chi connectivity index (χ3n) is 4.74. The Morgan fingerprint density at radius 1 is 0.800 bits per heavy atom. The average molecular weight is 391 g/mol. The smallest absolute Gasteiger partial charge is 0.340 e. The van der Waals surface area contributed by atoms with Crippen molar-refractivity contribution >= 4 is 5.97 Å². The Morgan fingerprint density at radius 2 is 1.40 bits per heavy atom. The number of hydrogen-bond donors (Lipinski definition) is 1. The topological polar surface area (TPSA) is 42.1 Å². The molecule has 4 aromatic rings. The Kier molecular flexibility index (Phi) is 5.78. The molecule has 0 aliphatic rings. The number of benzene rings is 3. The quantitative estimate of drug-likeness (QED) is 0.346. The van der Waals surface area contributed by atoms with E-state index in [2.05, 4.69) is 16.8 Å². The van der Waals surface area contributed by atoms with Gasteiger partial charge in [0.05, 0.1) is 17.9 Å². The highest BCUT2D eigenvalue weighted by Gasteiger charge is 2.21. The summed E-state index contributed by atoms with van der Waals surface area (Å²) in [4.78, 5) is 16.0. The highest BCUT2D eigenvalue weighted by Crippen LogP contribution is 2.33. The number of carbonyl (C=O) groups excluding carboxylic acids is 1. The van der Waals surface area contributed by atoms with E-state index in [9.17, 15) is 4.79 Å². The number of ether oxygens (including phenoxy) is 1. The van der Waals surface area contributed by atoms with Gasteiger partial charge in [0.2, 0.25) is 0 Å². The molecule has 1 aromatic heterocycles. The largest absolute Gasteiger partial charge is 0.462 e. The molecular weight excluding hydrogens is 370 g/mol. The molecule has 1 heterocycles. The van der Waals surface area contributed by atoms with Gasteiger partial charge >= 0.3 is 5.97 Å². The molecular formula is C27H21NO2. The van der Waals surface area contributed by atoms with Crippen molar-refractivity contribution < 1.29 is 9.53 Å². The fraction of sp³-hybridized carbons (Fsp3) is 0.0741. The van der Waals surface area contributed by atoms with Crippen molar-refractivity contribution in [2.75, 3.05) is 6.61 Å². The number of rotatable bonds is 4. The fourth-order valence-electron chi connectivity index (χ4n) is 3.30. The zero-order valence-corrected chi connectivity index (χ0v) is 16.7. The van der Waals surface area contributed by atoms with Crippen molar-refractivity contribution in [2.45, 2.75) is 6.92 Å². The lowest BCUT2D eigenvalue weighted by Gasteiger charge is -2.08. The van der Waals surface area contributed by atoms with E-state index in [1.807, 2.05) is 98.0 Å². The van der Waals surface area contributed by atoms with E-state index in [1.165, 1.54) is 0 Å². The number of aromatic amines is 1. The van der Waals surface area contributed by atoms with Gasteiger partial charge in [-0.3, -0.25) is 0 Å². The van der Waals surface area contributed by atoms with Crippen LogP contribution in [-0.2, 0) is 4.74 Å². The molecule has 4 rings (SSSR count). The summed E-state index contributed by atoms with van der Waals surface area (Å²) in [5.41, 5.74) is 5.88. The lowest BCUT2D eigenvalue weighted by Crippen LogP contribution is -2.06. The SMILES string of the molecule is CCOC(=O)c1c(-c2ccccc2)c[nH]c1-c1ccc(C#Cc2ccccc2)cc1. The minimum absolute atomic E-state index is 0.325. The second kappa shape index (κ2) is 8.98. The third-order valence-corrected chi connectivity index (χ3v) is 4.74. The number of H-pyrrole nitrogens is 1. The lowest BCUT2D eigenvalue weighted by atomic mass is 9.99. The second-order valence-corrected chi connectivity index (χ2v) is 6.73. The first-order valence-electron chi connectivity index (χ1n) is 9.87. The Bertz CT molecular complexity index is 1190. The van der Waals surface area contributed by atoms with Crippen molar-refractivity contribution in [3.8, 4) is 34.2 Å². The first-order chi connectivity index (χ1) is 14.8. The standard InChI is InChI=1S/C27H21NO2/c1-2-30-27(29)25-24(22-11-7-4-8-12-22)19-28-26(25)23-17-15-21(16-18-23)14-13-20-9-5-3-6-10-20/h3-12,15-19,28H,2H2,1H3. The van der Waals surface area contributed by atoms with Crippen LogP contribution in [0.4, 0.5) is 0 Å². The number of carbonyl (C=O) groups is 1. The van der Waals surface area contributed by atoms with Crippen LogP contribution in [0.3, 0.4) is 0 Å². The van der Waals surface area contributed by atoms with E-state index >= 15 is 0 Å². The molecule has 0 aliphatic heterocycles. The van der Waals surface area contributed by atoms with E-state index in [4.69, 9.17) is 4.74 Å². The molecule has 0 saturated heterocycles. The Labute approximate surface area is 176 Å². The molecule has 0 amide bonds. The summed E-state index contributed by atoms with van der Waals surface area (Å²) in [5.74, 6) is 6.00. The molecule has 0 aliphatic carbocycles. The fourth-order valence-corrected chi connectivity index (χ4v) is 3.30. The molecule has 0 atom stereocenters. The van der Waals surface area contributed by atoms with Gasteiger partial charge in [0, 0.05) is 22.9 Å². The van der Waals surface area contributed by atoms with Gasteiger partial charge in [-0.15, -0.1) is 0 Å². The van der Waals surface area contributed by atoms with E-state index in [0.717, 1.165) is 33.5 Å². The molecule has 0 saturated carbocycles. The number of aromatic nitrogens is 1. The van der Waals surface area contributed by atoms with Gasteiger partial charge in [0.15, 0.2) is 0 Å². The average Bonchev–Trinajstić information content (AvgIpc) is 3.25. The maximum atomic E-state index is 12.8. The van der Waals surface area contributed by atoms with Crippen LogP contribution in [-0.4, -0.2) is 17.6 Å². The molecule has 0 fully saturated rings. The molecule has 3 heteroatoms. The van der Waals surface area contributed by atoms with Gasteiger partial charge in [-0.25, -0.2) is 4.79 Å². The predicted molar refractivity (Wildman–Crippen MR) is 120 cm³/mol. The maximum absolute atomic E-state index is 12.8. The van der Waals surface area contributed by atoms with Crippen LogP contribution in [0.25, 0.3) is 22.4 Å². The molecule has 0 radical (unpaired) electrons. The van der Waals surface area contributed by atoms with Gasteiger partial charge in [-0.1, -0.05) is 72.5 Å². The van der Waals surface area contributed by atoms with Crippen LogP contribution in [0.1, 0.15) is 28.4 Å². The second-order valence-electron chi connectivity index (χ2n) is 6.73. The highest BCUT2D eigenvalue weighted by molar-refractivity contribution is 6.03. The molecule has 1 N–H and O–H groups in total. The van der Waals surface area contributed by atoms with Gasteiger partial charge in [-0.05, 0) is 42.3 Å². The molecule has 0 spiro atoms. The Balaban J connectivity index is 1.69. The minimum Gasteiger partial charge on any atom is -0.462 e. The molecule has 3 nitrogen and oxygen atoms in total. The molecule has 0 bridgehead atoms. The number of hydrogen-bond acceptors (Lipinski definition) is 2. The van der Waals surface area contributed by atoms with Crippen molar-refractivity contribution in [3.05, 3.63) is 108 Å². The maximum Gasteiger partial charge on any atom is 0.340 e. The van der Waals surface area contributed by atoms with Gasteiger partial charge in [0.25, 0.3) is 0 Å². The lowest BCUT2D eigenvalue weighted by molar-refractivity contribution is 0.0528. The van der Waals surface area contributed by atoms with E-state index in [-0.39, 0.29) is 5.97 Å². The van der Waals surface area contributed by atoms with Crippen LogP contribution >= 0.6 is 0 Å².